The summed E-state index contributed by atoms with van der Waals surface area (Å²) in [7, 11) is -7.67. The van der Waals surface area contributed by atoms with Crippen LogP contribution >= 0.6 is 0 Å². The second kappa shape index (κ2) is 6.27. The smallest absolute Gasteiger partial charge is 0.255 e. The van der Waals surface area contributed by atoms with Gasteiger partial charge in [-0.05, 0) is 37.3 Å². The van der Waals surface area contributed by atoms with Crippen molar-refractivity contribution >= 4 is 25.5 Å². The maximum atomic E-state index is 14.3. The Hall–Kier alpha value is -2.19. The summed E-state index contributed by atoms with van der Waals surface area (Å²) in [6.45, 7) is 1.82. The molecule has 1 atom stereocenters. The van der Waals surface area contributed by atoms with E-state index in [0.717, 1.165) is 21.3 Å². The molecule has 0 bridgehead atoms. The number of aryl methyl sites for hydroxylation is 1. The van der Waals surface area contributed by atoms with E-state index in [1.165, 1.54) is 36.4 Å². The fourth-order valence-corrected chi connectivity index (χ4v) is 5.62. The second-order valence-electron chi connectivity index (χ2n) is 5.79. The van der Waals surface area contributed by atoms with E-state index in [0.29, 0.717) is 0 Å². The lowest BCUT2D eigenvalue weighted by Gasteiger charge is -2.29. The summed E-state index contributed by atoms with van der Waals surface area (Å²) in [5.74, 6) is -1.16. The van der Waals surface area contributed by atoms with Crippen molar-refractivity contribution in [1.29, 1.82) is 0 Å². The average Bonchev–Trinajstić information content (AvgIpc) is 2.89. The Labute approximate surface area is 146 Å². The number of hydrogen-bond donors (Lipinski definition) is 0. The molecule has 0 aliphatic carbocycles. The molecule has 8 heteroatoms. The van der Waals surface area contributed by atoms with Gasteiger partial charge in [-0.1, -0.05) is 29.8 Å². The fourth-order valence-electron chi connectivity index (χ4n) is 2.65. The van der Waals surface area contributed by atoms with Gasteiger partial charge >= 0.3 is 0 Å². The summed E-state index contributed by atoms with van der Waals surface area (Å²) < 4.78 is 64.9. The molecule has 0 aromatic heterocycles. The van der Waals surface area contributed by atoms with Crippen molar-refractivity contribution < 1.29 is 21.2 Å². The maximum absolute atomic E-state index is 14.3. The molecule has 0 saturated heterocycles. The number of nitrogens with zero attached hydrogens (tertiary/aromatic N) is 1. The first kappa shape index (κ1) is 17.6. The van der Waals surface area contributed by atoms with Crippen molar-refractivity contribution in [3.63, 3.8) is 0 Å². The van der Waals surface area contributed by atoms with Gasteiger partial charge in [-0.15, -0.1) is 0 Å². The highest BCUT2D eigenvalue weighted by atomic mass is 32.2. The monoisotopic (exact) mass is 381 g/mol. The van der Waals surface area contributed by atoms with Crippen LogP contribution in [0, 0.1) is 12.7 Å². The molecule has 0 saturated carbocycles. The molecule has 5 nitrogen and oxygen atoms in total. The molecular formula is C17H16FNO4S2. The van der Waals surface area contributed by atoms with Crippen LogP contribution in [0.25, 0.3) is 0 Å². The lowest BCUT2D eigenvalue weighted by molar-refractivity contribution is 0.579. The number of rotatable bonds is 4. The van der Waals surface area contributed by atoms with Crippen LogP contribution in [0.4, 0.5) is 10.1 Å². The van der Waals surface area contributed by atoms with E-state index >= 15 is 0 Å². The Morgan fingerprint density at radius 1 is 1.08 bits per heavy atom. The first-order chi connectivity index (χ1) is 11.7. The highest BCUT2D eigenvalue weighted by Gasteiger charge is 2.37. The molecular weight excluding hydrogens is 365 g/mol. The average molecular weight is 381 g/mol. The van der Waals surface area contributed by atoms with Crippen molar-refractivity contribution in [2.24, 2.45) is 0 Å². The van der Waals surface area contributed by atoms with E-state index in [4.69, 9.17) is 0 Å². The minimum Gasteiger partial charge on any atom is -0.255 e. The summed E-state index contributed by atoms with van der Waals surface area (Å²) in [6, 6.07) is 10.5. The largest absolute Gasteiger partial charge is 0.264 e. The Balaban J connectivity index is 2.16. The Bertz CT molecular complexity index is 1030. The molecule has 2 aromatic carbocycles. The maximum Gasteiger partial charge on any atom is 0.264 e. The molecule has 3 rings (SSSR count). The molecule has 1 aliphatic heterocycles. The summed E-state index contributed by atoms with van der Waals surface area (Å²) >= 11 is 0. The van der Waals surface area contributed by atoms with Crippen molar-refractivity contribution in [3.8, 4) is 0 Å². The number of sulfonamides is 1. The van der Waals surface area contributed by atoms with Gasteiger partial charge in [0.1, 0.15) is 5.82 Å². The van der Waals surface area contributed by atoms with E-state index < -0.39 is 37.5 Å². The van der Waals surface area contributed by atoms with Crippen LogP contribution in [0.1, 0.15) is 5.56 Å². The van der Waals surface area contributed by atoms with E-state index in [1.54, 1.807) is 12.1 Å². The van der Waals surface area contributed by atoms with Crippen LogP contribution in [-0.4, -0.2) is 28.6 Å². The van der Waals surface area contributed by atoms with Gasteiger partial charge < -0.3 is 0 Å². The highest BCUT2D eigenvalue weighted by Crippen LogP contribution is 2.31. The zero-order valence-electron chi connectivity index (χ0n) is 13.3. The van der Waals surface area contributed by atoms with E-state index in [-0.39, 0.29) is 10.6 Å². The topological polar surface area (TPSA) is 71.5 Å². The highest BCUT2D eigenvalue weighted by molar-refractivity contribution is 7.95. The third-order valence-electron chi connectivity index (χ3n) is 3.88. The van der Waals surface area contributed by atoms with Crippen molar-refractivity contribution in [3.05, 3.63) is 71.4 Å². The second-order valence-corrected chi connectivity index (χ2v) is 9.54. The molecule has 0 amide bonds. The van der Waals surface area contributed by atoms with Gasteiger partial charge in [0.05, 0.1) is 22.4 Å². The number of halogens is 1. The standard InChI is InChI=1S/C17H16FNO4S2/c1-13-6-8-15(9-7-13)25(22,23)19(14-10-11-24(20,21)12-14)17-5-3-2-4-16(17)18/h2-11,14H,12H2,1H3. The fraction of sp³-hybridized carbons (Fsp3) is 0.176. The van der Waals surface area contributed by atoms with E-state index in [9.17, 15) is 21.2 Å². The quantitative estimate of drug-likeness (QED) is 0.816. The minimum absolute atomic E-state index is 0.0287. The van der Waals surface area contributed by atoms with Crippen molar-refractivity contribution in [2.75, 3.05) is 10.1 Å². The summed E-state index contributed by atoms with van der Waals surface area (Å²) in [5, 5.41) is 0.968. The zero-order valence-corrected chi connectivity index (χ0v) is 15.0. The van der Waals surface area contributed by atoms with Crippen LogP contribution < -0.4 is 4.31 Å². The number of anilines is 1. The number of benzene rings is 2. The Morgan fingerprint density at radius 3 is 2.28 bits per heavy atom. The Kier molecular flexibility index (Phi) is 4.42. The van der Waals surface area contributed by atoms with Crippen molar-refractivity contribution in [1.82, 2.24) is 0 Å². The molecule has 0 fully saturated rings. The van der Waals surface area contributed by atoms with Gasteiger partial charge in [-0.25, -0.2) is 21.2 Å². The Morgan fingerprint density at radius 2 is 1.72 bits per heavy atom. The summed E-state index contributed by atoms with van der Waals surface area (Å²) in [5.41, 5.74) is 0.689. The summed E-state index contributed by atoms with van der Waals surface area (Å²) in [6.07, 6.45) is 1.27. The molecule has 2 aromatic rings. The molecule has 0 spiro atoms. The molecule has 0 N–H and O–H groups in total. The van der Waals surface area contributed by atoms with Gasteiger partial charge in [-0.3, -0.25) is 4.31 Å². The lowest BCUT2D eigenvalue weighted by atomic mass is 10.2. The van der Waals surface area contributed by atoms with Crippen LogP contribution in [0.3, 0.4) is 0 Å². The first-order valence-electron chi connectivity index (χ1n) is 7.47. The predicted octanol–water partition coefficient (Wildman–Crippen LogP) is 2.64. The number of para-hydroxylation sites is 1. The van der Waals surface area contributed by atoms with Crippen LogP contribution in [0.5, 0.6) is 0 Å². The third kappa shape index (κ3) is 3.45. The predicted molar refractivity (Wildman–Crippen MR) is 94.0 cm³/mol. The van der Waals surface area contributed by atoms with Gasteiger partial charge in [-0.2, -0.15) is 0 Å². The third-order valence-corrected chi connectivity index (χ3v) is 7.11. The van der Waals surface area contributed by atoms with Gasteiger partial charge in [0, 0.05) is 5.41 Å². The van der Waals surface area contributed by atoms with Gasteiger partial charge in [0.15, 0.2) is 9.84 Å². The zero-order chi connectivity index (χ0) is 18.2. The molecule has 1 aliphatic rings. The molecule has 1 unspecified atom stereocenters. The van der Waals surface area contributed by atoms with E-state index in [2.05, 4.69) is 0 Å². The van der Waals surface area contributed by atoms with Crippen LogP contribution in [0.15, 0.2) is 64.9 Å². The molecule has 1 heterocycles. The van der Waals surface area contributed by atoms with Gasteiger partial charge in [0.25, 0.3) is 10.0 Å². The van der Waals surface area contributed by atoms with E-state index in [1.807, 2.05) is 6.92 Å². The van der Waals surface area contributed by atoms with Gasteiger partial charge in [0.2, 0.25) is 0 Å². The normalized spacial score (nSPS) is 19.0. The lowest BCUT2D eigenvalue weighted by Crippen LogP contribution is -2.41. The number of hydrogen-bond acceptors (Lipinski definition) is 4. The van der Waals surface area contributed by atoms with Crippen LogP contribution in [-0.2, 0) is 19.9 Å². The SMILES string of the molecule is Cc1ccc(S(=O)(=O)N(c2ccccc2F)C2C=CS(=O)(=O)C2)cc1. The van der Waals surface area contributed by atoms with Crippen LogP contribution in [0.2, 0.25) is 0 Å². The minimum atomic E-state index is -4.15. The number of sulfone groups is 1. The first-order valence-corrected chi connectivity index (χ1v) is 10.6. The molecule has 132 valence electrons. The van der Waals surface area contributed by atoms with Crippen molar-refractivity contribution in [2.45, 2.75) is 17.9 Å². The molecule has 25 heavy (non-hydrogen) atoms. The summed E-state index contributed by atoms with van der Waals surface area (Å²) in [4.78, 5) is -0.0287. The molecule has 0 radical (unpaired) electrons.